The van der Waals surface area contributed by atoms with E-state index in [1.807, 2.05) is 35.2 Å². The number of nitrogens with zero attached hydrogens (tertiary/aromatic N) is 3. The summed E-state index contributed by atoms with van der Waals surface area (Å²) in [7, 11) is 1.35. The summed E-state index contributed by atoms with van der Waals surface area (Å²) in [5, 5.41) is 9.52. The molecule has 1 aromatic carbocycles. The fourth-order valence-corrected chi connectivity index (χ4v) is 2.92. The lowest BCUT2D eigenvalue weighted by atomic mass is 10.3. The minimum atomic E-state index is -0.385. The van der Waals surface area contributed by atoms with Gasteiger partial charge in [0.1, 0.15) is 4.88 Å². The van der Waals surface area contributed by atoms with Crippen LogP contribution in [0.2, 0.25) is 0 Å². The van der Waals surface area contributed by atoms with Crippen molar-refractivity contribution < 1.29 is 9.53 Å². The minimum Gasteiger partial charge on any atom is -0.465 e. The van der Waals surface area contributed by atoms with Crippen LogP contribution in [-0.4, -0.2) is 24.6 Å². The molecule has 0 amide bonds. The van der Waals surface area contributed by atoms with Gasteiger partial charge in [-0.2, -0.15) is 5.26 Å². The van der Waals surface area contributed by atoms with Gasteiger partial charge >= 0.3 is 5.97 Å². The number of carbonyl (C=O) groups excluding carboxylic acids is 1. The van der Waals surface area contributed by atoms with Gasteiger partial charge in [-0.1, -0.05) is 29.5 Å². The fourth-order valence-electron chi connectivity index (χ4n) is 1.88. The van der Waals surface area contributed by atoms with E-state index in [1.165, 1.54) is 18.4 Å². The number of hydrogen-bond acceptors (Lipinski definition) is 6. The maximum Gasteiger partial charge on any atom is 0.350 e. The third-order valence-corrected chi connectivity index (χ3v) is 4.06. The number of ether oxygens (including phenoxy) is 1. The van der Waals surface area contributed by atoms with E-state index in [4.69, 9.17) is 10.00 Å². The van der Waals surface area contributed by atoms with E-state index in [9.17, 15) is 4.79 Å². The molecule has 6 heteroatoms. The zero-order valence-electron chi connectivity index (χ0n) is 11.9. The number of methoxy groups -OCH3 is 1. The Balaban J connectivity index is 2.38. The van der Waals surface area contributed by atoms with Gasteiger partial charge in [0.05, 0.1) is 25.3 Å². The van der Waals surface area contributed by atoms with Crippen LogP contribution in [-0.2, 0) is 4.74 Å². The maximum atomic E-state index is 11.7. The van der Waals surface area contributed by atoms with Crippen LogP contribution in [0.3, 0.4) is 0 Å². The predicted molar refractivity (Wildman–Crippen MR) is 81.9 cm³/mol. The van der Waals surface area contributed by atoms with E-state index in [0.717, 1.165) is 5.69 Å². The zero-order chi connectivity index (χ0) is 15.2. The fraction of sp³-hybridized carbons (Fsp3) is 0.267. The van der Waals surface area contributed by atoms with Crippen molar-refractivity contribution >= 4 is 28.1 Å². The molecule has 5 nitrogen and oxygen atoms in total. The molecular weight excluding hydrogens is 286 g/mol. The largest absolute Gasteiger partial charge is 0.465 e. The normalized spacial score (nSPS) is 9.95. The Hall–Kier alpha value is -2.39. The molecule has 21 heavy (non-hydrogen) atoms. The van der Waals surface area contributed by atoms with Gasteiger partial charge in [0, 0.05) is 12.2 Å². The second kappa shape index (κ2) is 6.86. The van der Waals surface area contributed by atoms with Crippen LogP contribution in [0.15, 0.2) is 30.3 Å². The summed E-state index contributed by atoms with van der Waals surface area (Å²) in [6.07, 6.45) is 0.376. The molecule has 0 aliphatic rings. The van der Waals surface area contributed by atoms with Crippen LogP contribution in [0.1, 0.15) is 21.8 Å². The lowest BCUT2D eigenvalue weighted by molar-refractivity contribution is 0.0605. The Morgan fingerprint density at radius 1 is 1.43 bits per heavy atom. The number of anilines is 2. The Labute approximate surface area is 127 Å². The molecule has 2 rings (SSSR count). The standard InChI is InChI=1S/C15H15N3O2S/c1-11-13(14(19)20-2)21-15(17-11)18(10-6-9-16)12-7-4-3-5-8-12/h3-5,7-8H,6,10H2,1-2H3. The van der Waals surface area contributed by atoms with Crippen molar-refractivity contribution in [3.8, 4) is 6.07 Å². The van der Waals surface area contributed by atoms with Gasteiger partial charge in [0.15, 0.2) is 5.13 Å². The summed E-state index contributed by atoms with van der Waals surface area (Å²) in [6, 6.07) is 11.8. The van der Waals surface area contributed by atoms with Crippen LogP contribution in [0, 0.1) is 18.3 Å². The molecule has 0 saturated heterocycles. The number of esters is 1. The highest BCUT2D eigenvalue weighted by atomic mass is 32.1. The molecule has 0 saturated carbocycles. The number of aromatic nitrogens is 1. The van der Waals surface area contributed by atoms with Crippen molar-refractivity contribution in [3.05, 3.63) is 40.9 Å². The molecule has 1 heterocycles. The highest BCUT2D eigenvalue weighted by molar-refractivity contribution is 7.17. The summed E-state index contributed by atoms with van der Waals surface area (Å²) in [5.74, 6) is -0.385. The van der Waals surface area contributed by atoms with Crippen LogP contribution in [0.5, 0.6) is 0 Å². The van der Waals surface area contributed by atoms with Gasteiger partial charge < -0.3 is 9.64 Å². The Kier molecular flexibility index (Phi) is 4.90. The van der Waals surface area contributed by atoms with Gasteiger partial charge in [-0.05, 0) is 19.1 Å². The van der Waals surface area contributed by atoms with Crippen LogP contribution in [0.4, 0.5) is 10.8 Å². The first-order chi connectivity index (χ1) is 10.2. The first kappa shape index (κ1) is 15.0. The predicted octanol–water partition coefficient (Wildman–Crippen LogP) is 3.29. The minimum absolute atomic E-state index is 0.376. The molecule has 0 unspecified atom stereocenters. The zero-order valence-corrected chi connectivity index (χ0v) is 12.7. The number of aryl methyl sites for hydroxylation is 1. The lowest BCUT2D eigenvalue weighted by Crippen LogP contribution is -2.17. The maximum absolute atomic E-state index is 11.7. The number of hydrogen-bond donors (Lipinski definition) is 0. The molecule has 1 aromatic heterocycles. The molecule has 0 aliphatic carbocycles. The SMILES string of the molecule is COC(=O)c1sc(N(CCC#N)c2ccccc2)nc1C. The number of thiazole rings is 1. The van der Waals surface area contributed by atoms with E-state index >= 15 is 0 Å². The number of carbonyl (C=O) groups is 1. The molecular formula is C15H15N3O2S. The topological polar surface area (TPSA) is 66.2 Å². The molecule has 0 bridgehead atoms. The molecule has 108 valence electrons. The van der Waals surface area contributed by atoms with Crippen LogP contribution < -0.4 is 4.90 Å². The second-order valence-electron chi connectivity index (χ2n) is 4.30. The van der Waals surface area contributed by atoms with Crippen LogP contribution in [0.25, 0.3) is 0 Å². The van der Waals surface area contributed by atoms with E-state index in [-0.39, 0.29) is 5.97 Å². The monoisotopic (exact) mass is 301 g/mol. The van der Waals surface area contributed by atoms with Crippen molar-refractivity contribution in [1.82, 2.24) is 4.98 Å². The highest BCUT2D eigenvalue weighted by Crippen LogP contribution is 2.32. The van der Waals surface area contributed by atoms with Gasteiger partial charge in [0.25, 0.3) is 0 Å². The molecule has 2 aromatic rings. The third kappa shape index (κ3) is 3.38. The average Bonchev–Trinajstić information content (AvgIpc) is 2.90. The van der Waals surface area contributed by atoms with E-state index in [0.29, 0.717) is 28.7 Å². The van der Waals surface area contributed by atoms with Crippen molar-refractivity contribution in [2.24, 2.45) is 0 Å². The number of benzene rings is 1. The average molecular weight is 301 g/mol. The smallest absolute Gasteiger partial charge is 0.350 e. The quantitative estimate of drug-likeness (QED) is 0.793. The Morgan fingerprint density at radius 2 is 2.14 bits per heavy atom. The van der Waals surface area contributed by atoms with Crippen molar-refractivity contribution in [2.75, 3.05) is 18.6 Å². The Morgan fingerprint density at radius 3 is 2.76 bits per heavy atom. The van der Waals surface area contributed by atoms with E-state index in [1.54, 1.807) is 6.92 Å². The van der Waals surface area contributed by atoms with Gasteiger partial charge in [-0.25, -0.2) is 9.78 Å². The molecule has 0 aliphatic heterocycles. The highest BCUT2D eigenvalue weighted by Gasteiger charge is 2.20. The number of para-hydroxylation sites is 1. The van der Waals surface area contributed by atoms with E-state index in [2.05, 4.69) is 11.1 Å². The Bertz CT molecular complexity index is 661. The lowest BCUT2D eigenvalue weighted by Gasteiger charge is -2.20. The summed E-state index contributed by atoms with van der Waals surface area (Å²) in [5.41, 5.74) is 1.58. The van der Waals surface area contributed by atoms with Crippen molar-refractivity contribution in [3.63, 3.8) is 0 Å². The second-order valence-corrected chi connectivity index (χ2v) is 5.28. The van der Waals surface area contributed by atoms with Crippen molar-refractivity contribution in [2.45, 2.75) is 13.3 Å². The van der Waals surface area contributed by atoms with E-state index < -0.39 is 0 Å². The third-order valence-electron chi connectivity index (χ3n) is 2.90. The molecule has 0 spiro atoms. The summed E-state index contributed by atoms with van der Waals surface area (Å²) < 4.78 is 4.76. The summed E-state index contributed by atoms with van der Waals surface area (Å²) in [6.45, 7) is 2.30. The van der Waals surface area contributed by atoms with Crippen molar-refractivity contribution in [1.29, 1.82) is 5.26 Å². The number of nitriles is 1. The molecule has 0 radical (unpaired) electrons. The van der Waals surface area contributed by atoms with Gasteiger partial charge in [-0.3, -0.25) is 0 Å². The van der Waals surface area contributed by atoms with Gasteiger partial charge in [-0.15, -0.1) is 0 Å². The summed E-state index contributed by atoms with van der Waals surface area (Å²) >= 11 is 1.28. The summed E-state index contributed by atoms with van der Waals surface area (Å²) in [4.78, 5) is 18.6. The first-order valence-corrected chi connectivity index (χ1v) is 7.24. The molecule has 0 atom stereocenters. The van der Waals surface area contributed by atoms with Gasteiger partial charge in [0.2, 0.25) is 0 Å². The first-order valence-electron chi connectivity index (χ1n) is 6.42. The van der Waals surface area contributed by atoms with Crippen LogP contribution >= 0.6 is 11.3 Å². The number of rotatable bonds is 5. The molecule has 0 fully saturated rings. The molecule has 0 N–H and O–H groups in total.